The summed E-state index contributed by atoms with van der Waals surface area (Å²) in [6.45, 7) is 3.65. The summed E-state index contributed by atoms with van der Waals surface area (Å²) in [4.78, 5) is 23.9. The van der Waals surface area contributed by atoms with E-state index >= 15 is 0 Å². The van der Waals surface area contributed by atoms with Crippen molar-refractivity contribution in [1.29, 1.82) is 0 Å². The number of likely N-dealkylation sites (tertiary alicyclic amines) is 1. The van der Waals surface area contributed by atoms with E-state index in [0.717, 1.165) is 32.4 Å². The Morgan fingerprint density at radius 1 is 1.53 bits per heavy atom. The normalized spacial score (nSPS) is 23.2. The quantitative estimate of drug-likeness (QED) is 0.722. The van der Waals surface area contributed by atoms with Crippen LogP contribution >= 0.6 is 0 Å². The van der Waals surface area contributed by atoms with Crippen molar-refractivity contribution in [3.63, 3.8) is 0 Å². The van der Waals surface area contributed by atoms with Crippen LogP contribution in [0.15, 0.2) is 0 Å². The van der Waals surface area contributed by atoms with Gasteiger partial charge in [0.2, 0.25) is 5.91 Å². The average Bonchev–Trinajstić information content (AvgIpc) is 2.27. The largest absolute Gasteiger partial charge is 0.481 e. The van der Waals surface area contributed by atoms with Gasteiger partial charge < -0.3 is 10.8 Å². The molecule has 1 rings (SSSR count). The van der Waals surface area contributed by atoms with Gasteiger partial charge in [-0.15, -0.1) is 0 Å². The number of carboxylic acid groups (broad SMARTS) is 1. The number of rotatable bonds is 6. The number of piperidine rings is 1. The lowest BCUT2D eigenvalue weighted by molar-refractivity contribution is -0.137. The second kappa shape index (κ2) is 6.59. The summed E-state index contributed by atoms with van der Waals surface area (Å²) in [6, 6.07) is -0.192. The minimum Gasteiger partial charge on any atom is -0.481 e. The van der Waals surface area contributed by atoms with Gasteiger partial charge in [-0.3, -0.25) is 14.5 Å². The zero-order valence-electron chi connectivity index (χ0n) is 10.4. The molecule has 0 bridgehead atoms. The zero-order chi connectivity index (χ0) is 12.8. The van der Waals surface area contributed by atoms with Crippen LogP contribution in [0.4, 0.5) is 0 Å². The number of nitrogens with two attached hydrogens (primary N) is 1. The lowest BCUT2D eigenvalue weighted by Gasteiger charge is -2.36. The van der Waals surface area contributed by atoms with Crippen LogP contribution < -0.4 is 5.73 Å². The molecule has 1 saturated heterocycles. The summed E-state index contributed by atoms with van der Waals surface area (Å²) in [6.07, 6.45) is 3.71. The van der Waals surface area contributed by atoms with Crippen molar-refractivity contribution in [2.24, 2.45) is 11.7 Å². The molecule has 0 aliphatic carbocycles. The van der Waals surface area contributed by atoms with E-state index < -0.39 is 5.97 Å². The van der Waals surface area contributed by atoms with E-state index in [1.54, 1.807) is 0 Å². The molecule has 2 unspecified atom stereocenters. The molecule has 17 heavy (non-hydrogen) atoms. The smallest absolute Gasteiger partial charge is 0.303 e. The van der Waals surface area contributed by atoms with Crippen LogP contribution in [0.1, 0.15) is 39.0 Å². The number of aliphatic carboxylic acids is 1. The topological polar surface area (TPSA) is 83.6 Å². The highest BCUT2D eigenvalue weighted by Crippen LogP contribution is 2.23. The van der Waals surface area contributed by atoms with Crippen molar-refractivity contribution < 1.29 is 14.7 Å². The van der Waals surface area contributed by atoms with Crippen LogP contribution in [0.3, 0.4) is 0 Å². The lowest BCUT2D eigenvalue weighted by Crippen LogP contribution is -2.48. The third kappa shape index (κ3) is 4.34. The van der Waals surface area contributed by atoms with Gasteiger partial charge in [-0.1, -0.05) is 6.92 Å². The minimum absolute atomic E-state index is 0.192. The molecule has 0 spiro atoms. The summed E-state index contributed by atoms with van der Waals surface area (Å²) in [5.41, 5.74) is 5.37. The molecule has 98 valence electrons. The first kappa shape index (κ1) is 14.0. The third-order valence-corrected chi connectivity index (χ3v) is 3.47. The number of hydrogen-bond acceptors (Lipinski definition) is 3. The Labute approximate surface area is 102 Å². The summed E-state index contributed by atoms with van der Waals surface area (Å²) in [5, 5.41) is 8.67. The lowest BCUT2D eigenvalue weighted by atomic mass is 9.92. The molecule has 1 aliphatic heterocycles. The monoisotopic (exact) mass is 242 g/mol. The van der Waals surface area contributed by atoms with Gasteiger partial charge in [0, 0.05) is 13.0 Å². The maximum Gasteiger partial charge on any atom is 0.303 e. The Balaban J connectivity index is 2.47. The van der Waals surface area contributed by atoms with Gasteiger partial charge in [0.15, 0.2) is 0 Å². The maximum absolute atomic E-state index is 11.3. The molecule has 0 radical (unpaired) electrons. The second-order valence-electron chi connectivity index (χ2n) is 4.76. The SMILES string of the molecule is CCC(C(N)=O)N1CCCC(CCC(=O)O)C1. The number of amides is 1. The molecular formula is C12H22N2O3. The number of carboxylic acids is 1. The Morgan fingerprint density at radius 2 is 2.24 bits per heavy atom. The van der Waals surface area contributed by atoms with Gasteiger partial charge in [0.05, 0.1) is 6.04 Å². The predicted molar refractivity (Wildman–Crippen MR) is 64.4 cm³/mol. The van der Waals surface area contributed by atoms with E-state index in [4.69, 9.17) is 10.8 Å². The predicted octanol–water partition coefficient (Wildman–Crippen LogP) is 0.827. The molecule has 5 nitrogen and oxygen atoms in total. The second-order valence-corrected chi connectivity index (χ2v) is 4.76. The van der Waals surface area contributed by atoms with E-state index in [2.05, 4.69) is 4.90 Å². The number of carbonyl (C=O) groups excluding carboxylic acids is 1. The Morgan fingerprint density at radius 3 is 2.76 bits per heavy atom. The first-order valence-electron chi connectivity index (χ1n) is 6.29. The van der Waals surface area contributed by atoms with Crippen LogP contribution in [0.2, 0.25) is 0 Å². The fourth-order valence-electron chi connectivity index (χ4n) is 2.58. The first-order valence-corrected chi connectivity index (χ1v) is 6.29. The van der Waals surface area contributed by atoms with Crippen molar-refractivity contribution in [1.82, 2.24) is 4.90 Å². The minimum atomic E-state index is -0.746. The van der Waals surface area contributed by atoms with Gasteiger partial charge in [0.25, 0.3) is 0 Å². The highest BCUT2D eigenvalue weighted by atomic mass is 16.4. The van der Waals surface area contributed by atoms with Gasteiger partial charge in [0.1, 0.15) is 0 Å². The summed E-state index contributed by atoms with van der Waals surface area (Å²) >= 11 is 0. The zero-order valence-corrected chi connectivity index (χ0v) is 10.4. The van der Waals surface area contributed by atoms with Gasteiger partial charge in [-0.25, -0.2) is 0 Å². The standard InChI is InChI=1S/C12H22N2O3/c1-2-10(12(13)17)14-7-3-4-9(8-14)5-6-11(15)16/h9-10H,2-8H2,1H3,(H2,13,17)(H,15,16). The van der Waals surface area contributed by atoms with Crippen LogP contribution in [0.25, 0.3) is 0 Å². The van der Waals surface area contributed by atoms with Crippen LogP contribution in [-0.2, 0) is 9.59 Å². The number of primary amides is 1. The van der Waals surface area contributed by atoms with Crippen molar-refractivity contribution in [2.75, 3.05) is 13.1 Å². The van der Waals surface area contributed by atoms with Crippen LogP contribution in [0, 0.1) is 5.92 Å². The molecule has 1 fully saturated rings. The highest BCUT2D eigenvalue weighted by molar-refractivity contribution is 5.79. The molecule has 0 aromatic rings. The average molecular weight is 242 g/mol. The fourth-order valence-corrected chi connectivity index (χ4v) is 2.58. The molecule has 0 saturated carbocycles. The van der Waals surface area contributed by atoms with E-state index in [-0.39, 0.29) is 18.4 Å². The Hall–Kier alpha value is -1.10. The van der Waals surface area contributed by atoms with E-state index in [9.17, 15) is 9.59 Å². The van der Waals surface area contributed by atoms with Gasteiger partial charge >= 0.3 is 5.97 Å². The molecule has 0 aromatic carbocycles. The van der Waals surface area contributed by atoms with Crippen molar-refractivity contribution >= 4 is 11.9 Å². The number of carbonyl (C=O) groups is 2. The molecule has 1 amide bonds. The number of hydrogen-bond donors (Lipinski definition) is 2. The summed E-state index contributed by atoms with van der Waals surface area (Å²) in [5.74, 6) is -0.635. The van der Waals surface area contributed by atoms with Crippen molar-refractivity contribution in [2.45, 2.75) is 45.1 Å². The summed E-state index contributed by atoms with van der Waals surface area (Å²) < 4.78 is 0. The number of nitrogens with zero attached hydrogens (tertiary/aromatic N) is 1. The van der Waals surface area contributed by atoms with Crippen molar-refractivity contribution in [3.05, 3.63) is 0 Å². The molecule has 1 aliphatic rings. The van der Waals surface area contributed by atoms with Crippen LogP contribution in [0.5, 0.6) is 0 Å². The highest BCUT2D eigenvalue weighted by Gasteiger charge is 2.27. The molecule has 5 heteroatoms. The first-order chi connectivity index (χ1) is 8.04. The Bertz CT molecular complexity index is 281. The Kier molecular flexibility index (Phi) is 5.41. The fraction of sp³-hybridized carbons (Fsp3) is 0.833. The molecule has 2 atom stereocenters. The third-order valence-electron chi connectivity index (χ3n) is 3.47. The molecule has 3 N–H and O–H groups in total. The summed E-state index contributed by atoms with van der Waals surface area (Å²) in [7, 11) is 0. The van der Waals surface area contributed by atoms with E-state index in [1.165, 1.54) is 0 Å². The van der Waals surface area contributed by atoms with Crippen LogP contribution in [-0.4, -0.2) is 41.0 Å². The molecular weight excluding hydrogens is 220 g/mol. The van der Waals surface area contributed by atoms with E-state index in [0.29, 0.717) is 12.3 Å². The van der Waals surface area contributed by atoms with Crippen molar-refractivity contribution in [3.8, 4) is 0 Å². The van der Waals surface area contributed by atoms with Gasteiger partial charge in [-0.05, 0) is 38.1 Å². The molecule has 1 heterocycles. The molecule has 0 aromatic heterocycles. The maximum atomic E-state index is 11.3. The van der Waals surface area contributed by atoms with Gasteiger partial charge in [-0.2, -0.15) is 0 Å². The van der Waals surface area contributed by atoms with E-state index in [1.807, 2.05) is 6.92 Å².